The van der Waals surface area contributed by atoms with Gasteiger partial charge in [0.2, 0.25) is 5.91 Å². The van der Waals surface area contributed by atoms with Crippen LogP contribution < -0.4 is 15.4 Å². The van der Waals surface area contributed by atoms with E-state index in [1.165, 1.54) is 0 Å². The Morgan fingerprint density at radius 1 is 1.55 bits per heavy atom. The highest BCUT2D eigenvalue weighted by molar-refractivity contribution is 9.10. The van der Waals surface area contributed by atoms with Crippen molar-refractivity contribution in [3.05, 3.63) is 21.6 Å². The molecule has 1 aliphatic heterocycles. The second kappa shape index (κ2) is 6.78. The van der Waals surface area contributed by atoms with Gasteiger partial charge >= 0.3 is 0 Å². The van der Waals surface area contributed by atoms with E-state index >= 15 is 0 Å². The third-order valence-electron chi connectivity index (χ3n) is 3.41. The maximum Gasteiger partial charge on any atom is 0.229 e. The molecule has 1 saturated heterocycles. The maximum atomic E-state index is 12.3. The monoisotopic (exact) mass is 360 g/mol. The second-order valence-corrected chi connectivity index (χ2v) is 6.22. The molecule has 0 saturated carbocycles. The average molecular weight is 362 g/mol. The van der Waals surface area contributed by atoms with Crippen LogP contribution in [0.25, 0.3) is 0 Å². The highest BCUT2D eigenvalue weighted by atomic mass is 79.9. The molecule has 2 unspecified atom stereocenters. The maximum absolute atomic E-state index is 12.3. The fourth-order valence-corrected chi connectivity index (χ4v) is 3.26. The largest absolute Gasteiger partial charge is 0.491 e. The van der Waals surface area contributed by atoms with Gasteiger partial charge in [-0.1, -0.05) is 18.5 Å². The van der Waals surface area contributed by atoms with Crippen molar-refractivity contribution in [2.24, 2.45) is 11.8 Å². The van der Waals surface area contributed by atoms with E-state index in [2.05, 4.69) is 33.5 Å². The summed E-state index contributed by atoms with van der Waals surface area (Å²) in [6, 6.07) is 3.46. The number of rotatable bonds is 4. The zero-order valence-electron chi connectivity index (χ0n) is 11.5. The van der Waals surface area contributed by atoms with Gasteiger partial charge in [0.1, 0.15) is 0 Å². The molecule has 110 valence electrons. The molecular weight excluding hydrogens is 344 g/mol. The number of carbonyl (C=O) groups excluding carboxylic acids is 1. The minimum Gasteiger partial charge on any atom is -0.491 e. The topological polar surface area (TPSA) is 50.4 Å². The summed E-state index contributed by atoms with van der Waals surface area (Å²) in [5, 5.41) is 6.70. The summed E-state index contributed by atoms with van der Waals surface area (Å²) in [7, 11) is 0. The van der Waals surface area contributed by atoms with Crippen molar-refractivity contribution in [1.29, 1.82) is 0 Å². The highest BCUT2D eigenvalue weighted by Crippen LogP contribution is 2.37. The van der Waals surface area contributed by atoms with E-state index in [-0.39, 0.29) is 11.8 Å². The summed E-state index contributed by atoms with van der Waals surface area (Å²) in [5.74, 6) is 0.914. The van der Waals surface area contributed by atoms with E-state index in [4.69, 9.17) is 16.3 Å². The number of hydrogen-bond donors (Lipinski definition) is 2. The first kappa shape index (κ1) is 15.6. The Morgan fingerprint density at radius 3 is 2.90 bits per heavy atom. The molecule has 2 N–H and O–H groups in total. The molecule has 4 nitrogen and oxygen atoms in total. The molecule has 0 aromatic heterocycles. The SMILES string of the molecule is CCOc1c(Br)cc(Cl)cc1NC(=O)C1CNCC1C. The molecule has 1 fully saturated rings. The lowest BCUT2D eigenvalue weighted by Crippen LogP contribution is -2.28. The van der Waals surface area contributed by atoms with E-state index < -0.39 is 0 Å². The molecule has 1 aromatic carbocycles. The van der Waals surface area contributed by atoms with Crippen LogP contribution in [0.5, 0.6) is 5.75 Å². The zero-order valence-corrected chi connectivity index (χ0v) is 13.8. The van der Waals surface area contributed by atoms with Crippen LogP contribution in [0.3, 0.4) is 0 Å². The van der Waals surface area contributed by atoms with Gasteiger partial charge < -0.3 is 15.4 Å². The van der Waals surface area contributed by atoms with Gasteiger partial charge in [-0.2, -0.15) is 0 Å². The molecule has 2 rings (SSSR count). The third-order valence-corrected chi connectivity index (χ3v) is 4.22. The summed E-state index contributed by atoms with van der Waals surface area (Å²) >= 11 is 9.46. The van der Waals surface area contributed by atoms with Gasteiger partial charge in [0.25, 0.3) is 0 Å². The van der Waals surface area contributed by atoms with Crippen LogP contribution in [0.4, 0.5) is 5.69 Å². The Bertz CT molecular complexity index is 510. The van der Waals surface area contributed by atoms with Gasteiger partial charge in [0.15, 0.2) is 5.75 Å². The van der Waals surface area contributed by atoms with Gasteiger partial charge in [0, 0.05) is 11.6 Å². The van der Waals surface area contributed by atoms with Crippen LogP contribution in [-0.2, 0) is 4.79 Å². The minimum absolute atomic E-state index is 0.00220. The van der Waals surface area contributed by atoms with Gasteiger partial charge in [0.05, 0.1) is 22.7 Å². The van der Waals surface area contributed by atoms with E-state index in [0.717, 1.165) is 11.0 Å². The van der Waals surface area contributed by atoms with Gasteiger partial charge in [-0.05, 0) is 47.4 Å². The highest BCUT2D eigenvalue weighted by Gasteiger charge is 2.30. The van der Waals surface area contributed by atoms with Gasteiger partial charge in [-0.25, -0.2) is 0 Å². The molecule has 0 spiro atoms. The van der Waals surface area contributed by atoms with E-state index in [0.29, 0.717) is 35.5 Å². The molecule has 0 bridgehead atoms. The molecule has 1 amide bonds. The van der Waals surface area contributed by atoms with Crippen LogP contribution in [-0.4, -0.2) is 25.6 Å². The lowest BCUT2D eigenvalue weighted by Gasteiger charge is -2.17. The fourth-order valence-electron chi connectivity index (χ4n) is 2.33. The Labute approximate surface area is 132 Å². The third kappa shape index (κ3) is 3.45. The van der Waals surface area contributed by atoms with Crippen LogP contribution >= 0.6 is 27.5 Å². The number of amides is 1. The molecule has 0 radical (unpaired) electrons. The van der Waals surface area contributed by atoms with Crippen molar-refractivity contribution in [2.75, 3.05) is 25.0 Å². The lowest BCUT2D eigenvalue weighted by molar-refractivity contribution is -0.120. The Kier molecular flexibility index (Phi) is 5.29. The lowest BCUT2D eigenvalue weighted by atomic mass is 9.97. The van der Waals surface area contributed by atoms with Crippen LogP contribution in [0.2, 0.25) is 5.02 Å². The molecule has 20 heavy (non-hydrogen) atoms. The zero-order chi connectivity index (χ0) is 14.7. The van der Waals surface area contributed by atoms with Crippen molar-refractivity contribution in [3.8, 4) is 5.75 Å². The number of benzene rings is 1. The summed E-state index contributed by atoms with van der Waals surface area (Å²) < 4.78 is 6.31. The van der Waals surface area contributed by atoms with Crippen molar-refractivity contribution in [3.63, 3.8) is 0 Å². The molecular formula is C14H18BrClN2O2. The van der Waals surface area contributed by atoms with Crippen LogP contribution in [0, 0.1) is 11.8 Å². The van der Waals surface area contributed by atoms with Gasteiger partial charge in [-0.15, -0.1) is 0 Å². The Balaban J connectivity index is 2.21. The minimum atomic E-state index is -0.0257. The van der Waals surface area contributed by atoms with Crippen molar-refractivity contribution < 1.29 is 9.53 Å². The number of nitrogens with one attached hydrogen (secondary N) is 2. The molecule has 2 atom stereocenters. The van der Waals surface area contributed by atoms with Crippen molar-refractivity contribution >= 4 is 39.1 Å². The van der Waals surface area contributed by atoms with Crippen LogP contribution in [0.15, 0.2) is 16.6 Å². The first-order valence-electron chi connectivity index (χ1n) is 6.66. The summed E-state index contributed by atoms with van der Waals surface area (Å²) in [6.45, 7) is 6.07. The first-order valence-corrected chi connectivity index (χ1v) is 7.83. The smallest absolute Gasteiger partial charge is 0.229 e. The number of ether oxygens (including phenoxy) is 1. The first-order chi connectivity index (χ1) is 9.52. The number of carbonyl (C=O) groups is 1. The molecule has 6 heteroatoms. The number of anilines is 1. The van der Waals surface area contributed by atoms with Gasteiger partial charge in [-0.3, -0.25) is 4.79 Å². The van der Waals surface area contributed by atoms with E-state index in [9.17, 15) is 4.79 Å². The average Bonchev–Trinajstić information content (AvgIpc) is 2.80. The Morgan fingerprint density at radius 2 is 2.30 bits per heavy atom. The summed E-state index contributed by atoms with van der Waals surface area (Å²) in [6.07, 6.45) is 0. The predicted molar refractivity (Wildman–Crippen MR) is 84.5 cm³/mol. The normalized spacial score (nSPS) is 21.8. The van der Waals surface area contributed by atoms with E-state index in [1.54, 1.807) is 12.1 Å². The number of hydrogen-bond acceptors (Lipinski definition) is 3. The summed E-state index contributed by atoms with van der Waals surface area (Å²) in [4.78, 5) is 12.3. The predicted octanol–water partition coefficient (Wildman–Crippen LogP) is 3.30. The molecule has 0 aliphatic carbocycles. The quantitative estimate of drug-likeness (QED) is 0.865. The standard InChI is InChI=1S/C14H18BrClN2O2/c1-3-20-13-11(15)4-9(16)5-12(13)18-14(19)10-7-17-6-8(10)2/h4-5,8,10,17H,3,6-7H2,1-2H3,(H,18,19). The van der Waals surface area contributed by atoms with Crippen molar-refractivity contribution in [2.45, 2.75) is 13.8 Å². The molecule has 1 heterocycles. The molecule has 1 aliphatic rings. The fraction of sp³-hybridized carbons (Fsp3) is 0.500. The van der Waals surface area contributed by atoms with E-state index in [1.807, 2.05) is 6.92 Å². The second-order valence-electron chi connectivity index (χ2n) is 4.93. The number of halogens is 2. The summed E-state index contributed by atoms with van der Waals surface area (Å²) in [5.41, 5.74) is 0.607. The molecule has 1 aromatic rings. The van der Waals surface area contributed by atoms with Crippen molar-refractivity contribution in [1.82, 2.24) is 5.32 Å². The Hall–Kier alpha value is -0.780. The van der Waals surface area contributed by atoms with Crippen LogP contribution in [0.1, 0.15) is 13.8 Å².